The van der Waals surface area contributed by atoms with Gasteiger partial charge in [0.05, 0.1) is 0 Å². The van der Waals surface area contributed by atoms with E-state index < -0.39 is 11.4 Å². The van der Waals surface area contributed by atoms with Crippen LogP contribution in [-0.2, 0) is 25.7 Å². The molecule has 1 aromatic carbocycles. The quantitative estimate of drug-likeness (QED) is 0.598. The topological polar surface area (TPSA) is 60.4 Å². The van der Waals surface area contributed by atoms with E-state index in [1.54, 1.807) is 0 Å². The molecule has 0 aromatic heterocycles. The van der Waals surface area contributed by atoms with E-state index in [4.69, 9.17) is 4.74 Å². The molecule has 1 aliphatic rings. The van der Waals surface area contributed by atoms with E-state index >= 15 is 0 Å². The normalized spacial score (nSPS) is 21.4. The lowest BCUT2D eigenvalue weighted by Crippen LogP contribution is -2.43. The van der Waals surface area contributed by atoms with Crippen LogP contribution < -0.4 is 0 Å². The number of carbonyl (C=O) groups excluding carboxylic acids is 3. The Balaban J connectivity index is 2.08. The molecule has 0 unspecified atom stereocenters. The van der Waals surface area contributed by atoms with Crippen molar-refractivity contribution in [3.05, 3.63) is 35.9 Å². The first-order valence-corrected chi connectivity index (χ1v) is 7.78. The summed E-state index contributed by atoms with van der Waals surface area (Å²) in [5.74, 6) is -0.547. The summed E-state index contributed by atoms with van der Waals surface area (Å²) >= 11 is 0. The summed E-state index contributed by atoms with van der Waals surface area (Å²) in [7, 11) is 0. The number of benzene rings is 1. The highest BCUT2D eigenvalue weighted by Gasteiger charge is 2.47. The number of esters is 1. The highest BCUT2D eigenvalue weighted by molar-refractivity contribution is 6.04. The van der Waals surface area contributed by atoms with E-state index in [0.717, 1.165) is 18.4 Å². The van der Waals surface area contributed by atoms with E-state index in [9.17, 15) is 14.4 Å². The lowest BCUT2D eigenvalue weighted by molar-refractivity contribution is -0.164. The second kappa shape index (κ2) is 7.34. The van der Waals surface area contributed by atoms with Gasteiger partial charge in [0.1, 0.15) is 23.6 Å². The number of ether oxygens (including phenoxy) is 1. The van der Waals surface area contributed by atoms with E-state index in [0.29, 0.717) is 12.8 Å². The van der Waals surface area contributed by atoms with Gasteiger partial charge in [0.25, 0.3) is 0 Å². The van der Waals surface area contributed by atoms with Crippen molar-refractivity contribution in [3.63, 3.8) is 0 Å². The zero-order valence-electron chi connectivity index (χ0n) is 13.0. The number of rotatable bonds is 6. The van der Waals surface area contributed by atoms with Crippen LogP contribution in [0, 0.1) is 5.41 Å². The highest BCUT2D eigenvalue weighted by atomic mass is 16.5. The van der Waals surface area contributed by atoms with E-state index in [1.165, 1.54) is 6.92 Å². The molecular weight excluding hydrogens is 280 g/mol. The van der Waals surface area contributed by atoms with Gasteiger partial charge in [-0.25, -0.2) is 0 Å². The van der Waals surface area contributed by atoms with Crippen LogP contribution in [0.4, 0.5) is 0 Å². The first-order chi connectivity index (χ1) is 10.5. The second-order valence-electron chi connectivity index (χ2n) is 5.98. The number of carbonyl (C=O) groups is 3. The van der Waals surface area contributed by atoms with Crippen LogP contribution in [0.2, 0.25) is 0 Å². The Kier molecular flexibility index (Phi) is 5.47. The lowest BCUT2D eigenvalue weighted by atomic mass is 9.70. The molecule has 0 N–H and O–H groups in total. The SMILES string of the molecule is CC(=O)CC[C@]1(C(=O)OCc2ccccc2)CCCCC1=O. The van der Waals surface area contributed by atoms with Crippen molar-refractivity contribution in [1.82, 2.24) is 0 Å². The standard InChI is InChI=1S/C18H22O4/c1-14(19)10-12-18(11-6-5-9-16(18)20)17(21)22-13-15-7-3-2-4-8-15/h2-4,7-8H,5-6,9-13H2,1H3/t18-/m1/s1. The van der Waals surface area contributed by atoms with Gasteiger partial charge in [-0.05, 0) is 31.7 Å². The molecule has 1 aromatic rings. The third-order valence-corrected chi connectivity index (χ3v) is 4.30. The summed E-state index contributed by atoms with van der Waals surface area (Å²) in [5, 5.41) is 0. The Hall–Kier alpha value is -1.97. The van der Waals surface area contributed by atoms with Crippen LogP contribution in [0.5, 0.6) is 0 Å². The molecule has 0 heterocycles. The van der Waals surface area contributed by atoms with Crippen molar-refractivity contribution >= 4 is 17.5 Å². The molecule has 4 heteroatoms. The summed E-state index contributed by atoms with van der Waals surface area (Å²) in [5.41, 5.74) is -0.223. The van der Waals surface area contributed by atoms with Gasteiger partial charge >= 0.3 is 5.97 Å². The Morgan fingerprint density at radius 2 is 1.91 bits per heavy atom. The van der Waals surface area contributed by atoms with E-state index in [2.05, 4.69) is 0 Å². The van der Waals surface area contributed by atoms with Gasteiger partial charge in [0.2, 0.25) is 0 Å². The zero-order valence-corrected chi connectivity index (χ0v) is 13.0. The summed E-state index contributed by atoms with van der Waals surface area (Å²) in [4.78, 5) is 36.2. The van der Waals surface area contributed by atoms with Crippen molar-refractivity contribution in [2.75, 3.05) is 0 Å². The summed E-state index contributed by atoms with van der Waals surface area (Å²) in [6.07, 6.45) is 3.04. The van der Waals surface area contributed by atoms with Crippen molar-refractivity contribution in [2.24, 2.45) is 5.41 Å². The molecule has 1 fully saturated rings. The van der Waals surface area contributed by atoms with Gasteiger partial charge in [-0.15, -0.1) is 0 Å². The van der Waals surface area contributed by atoms with Crippen LogP contribution in [0.3, 0.4) is 0 Å². The average molecular weight is 302 g/mol. The molecular formula is C18H22O4. The van der Waals surface area contributed by atoms with Gasteiger partial charge in [0.15, 0.2) is 0 Å². The maximum Gasteiger partial charge on any atom is 0.319 e. The third kappa shape index (κ3) is 3.81. The molecule has 0 radical (unpaired) electrons. The summed E-state index contributed by atoms with van der Waals surface area (Å²) in [6.45, 7) is 1.64. The average Bonchev–Trinajstić information content (AvgIpc) is 2.53. The molecule has 118 valence electrons. The minimum absolute atomic E-state index is 0.00592. The predicted molar refractivity (Wildman–Crippen MR) is 82.1 cm³/mol. The van der Waals surface area contributed by atoms with Gasteiger partial charge in [0, 0.05) is 12.8 Å². The fourth-order valence-corrected chi connectivity index (χ4v) is 2.92. The van der Waals surface area contributed by atoms with Crippen molar-refractivity contribution in [2.45, 2.75) is 52.1 Å². The molecule has 0 aliphatic heterocycles. The molecule has 1 aliphatic carbocycles. The monoisotopic (exact) mass is 302 g/mol. The van der Waals surface area contributed by atoms with Crippen molar-refractivity contribution in [1.29, 1.82) is 0 Å². The van der Waals surface area contributed by atoms with Crippen LogP contribution in [0.25, 0.3) is 0 Å². The molecule has 1 atom stereocenters. The second-order valence-corrected chi connectivity index (χ2v) is 5.98. The maximum atomic E-state index is 12.6. The molecule has 0 spiro atoms. The number of ketones is 2. The fourth-order valence-electron chi connectivity index (χ4n) is 2.92. The Morgan fingerprint density at radius 1 is 1.18 bits per heavy atom. The van der Waals surface area contributed by atoms with Crippen LogP contribution in [-0.4, -0.2) is 17.5 Å². The Bertz CT molecular complexity index is 549. The first-order valence-electron chi connectivity index (χ1n) is 7.78. The van der Waals surface area contributed by atoms with E-state index in [-0.39, 0.29) is 31.0 Å². The Morgan fingerprint density at radius 3 is 2.55 bits per heavy atom. The van der Waals surface area contributed by atoms with Gasteiger partial charge < -0.3 is 9.53 Å². The number of hydrogen-bond donors (Lipinski definition) is 0. The van der Waals surface area contributed by atoms with Crippen molar-refractivity contribution in [3.8, 4) is 0 Å². The minimum atomic E-state index is -1.11. The molecule has 4 nitrogen and oxygen atoms in total. The minimum Gasteiger partial charge on any atom is -0.460 e. The molecule has 0 amide bonds. The molecule has 0 bridgehead atoms. The number of Topliss-reactive ketones (excluding diaryl/α,β-unsaturated/α-hetero) is 2. The van der Waals surface area contributed by atoms with Crippen LogP contribution in [0.1, 0.15) is 51.0 Å². The Labute approximate surface area is 130 Å². The number of hydrogen-bond acceptors (Lipinski definition) is 4. The van der Waals surface area contributed by atoms with Crippen molar-refractivity contribution < 1.29 is 19.1 Å². The van der Waals surface area contributed by atoms with E-state index in [1.807, 2.05) is 30.3 Å². The molecule has 0 saturated heterocycles. The van der Waals surface area contributed by atoms with Crippen LogP contribution in [0.15, 0.2) is 30.3 Å². The molecule has 22 heavy (non-hydrogen) atoms. The smallest absolute Gasteiger partial charge is 0.319 e. The summed E-state index contributed by atoms with van der Waals surface area (Å²) in [6, 6.07) is 9.39. The fraction of sp³-hybridized carbons (Fsp3) is 0.500. The van der Waals surface area contributed by atoms with Gasteiger partial charge in [-0.1, -0.05) is 36.8 Å². The first kappa shape index (κ1) is 16.4. The van der Waals surface area contributed by atoms with Gasteiger partial charge in [-0.2, -0.15) is 0 Å². The third-order valence-electron chi connectivity index (χ3n) is 4.30. The largest absolute Gasteiger partial charge is 0.460 e. The zero-order chi connectivity index (χ0) is 16.0. The molecule has 1 saturated carbocycles. The van der Waals surface area contributed by atoms with Crippen LogP contribution >= 0.6 is 0 Å². The maximum absolute atomic E-state index is 12.6. The molecule has 2 rings (SSSR count). The summed E-state index contributed by atoms with van der Waals surface area (Å²) < 4.78 is 5.40. The highest BCUT2D eigenvalue weighted by Crippen LogP contribution is 2.39. The van der Waals surface area contributed by atoms with Gasteiger partial charge in [-0.3, -0.25) is 9.59 Å². The lowest BCUT2D eigenvalue weighted by Gasteiger charge is -2.33. The predicted octanol–water partition coefficient (Wildman–Crippen LogP) is 3.23.